The minimum absolute atomic E-state index is 0.756. The molecule has 0 aliphatic carbocycles. The molecule has 0 aromatic heterocycles. The van der Waals surface area contributed by atoms with Crippen molar-refractivity contribution in [1.82, 2.24) is 0 Å². The number of halogens is 1. The van der Waals surface area contributed by atoms with Crippen LogP contribution in [0.1, 0.15) is 6.42 Å². The molecule has 0 aliphatic heterocycles. The van der Waals surface area contributed by atoms with Crippen molar-refractivity contribution < 1.29 is 4.43 Å². The number of hydrogen-bond acceptors (Lipinski definition) is 2. The molecule has 0 bridgehead atoms. The van der Waals surface area contributed by atoms with Gasteiger partial charge in [0.15, 0.2) is 0 Å². The largest absolute Gasteiger partial charge is 0.410 e. The zero-order chi connectivity index (χ0) is 8.04. The molecule has 0 aliphatic rings. The minimum atomic E-state index is -1.39. The zero-order valence-electron chi connectivity index (χ0n) is 6.82. The Kier molecular flexibility index (Phi) is 5.91. The average molecular weight is 199 g/mol. The van der Waals surface area contributed by atoms with E-state index in [-0.39, 0.29) is 0 Å². The van der Waals surface area contributed by atoms with Crippen LogP contribution in [0.4, 0.5) is 0 Å². The summed E-state index contributed by atoms with van der Waals surface area (Å²) in [7, 11) is 0.416. The van der Waals surface area contributed by atoms with Gasteiger partial charge in [-0.2, -0.15) is 11.2 Å². The predicted octanol–water partition coefficient (Wildman–Crippen LogP) is 2.70. The molecule has 0 N–H and O–H groups in total. The number of rotatable bonds is 5. The smallest absolute Gasteiger partial charge is 0.250 e. The molecule has 0 heterocycles. The third kappa shape index (κ3) is 3.86. The van der Waals surface area contributed by atoms with E-state index in [0.717, 1.165) is 18.3 Å². The summed E-state index contributed by atoms with van der Waals surface area (Å²) in [6.45, 7) is 2.23. The number of alkyl halides is 1. The van der Waals surface area contributed by atoms with Crippen LogP contribution in [-0.4, -0.2) is 26.7 Å². The van der Waals surface area contributed by atoms with E-state index in [4.69, 9.17) is 16.0 Å². The summed E-state index contributed by atoms with van der Waals surface area (Å²) in [6.07, 6.45) is 3.20. The second-order valence-corrected chi connectivity index (χ2v) is 10.1. The SMILES string of the molecule is CO[Si](C)(CCCCl)SC. The summed E-state index contributed by atoms with van der Waals surface area (Å²) in [6, 6.07) is 1.16. The summed E-state index contributed by atoms with van der Waals surface area (Å²) in [5.74, 6) is 0.756. The topological polar surface area (TPSA) is 9.23 Å². The Morgan fingerprint density at radius 1 is 1.60 bits per heavy atom. The number of hydrogen-bond donors (Lipinski definition) is 0. The molecule has 0 radical (unpaired) electrons. The average Bonchev–Trinajstić information content (AvgIpc) is 2.00. The molecular weight excluding hydrogens is 184 g/mol. The third-order valence-corrected chi connectivity index (χ3v) is 8.59. The van der Waals surface area contributed by atoms with Crippen molar-refractivity contribution >= 4 is 30.3 Å². The lowest BCUT2D eigenvalue weighted by Crippen LogP contribution is -2.28. The summed E-state index contributed by atoms with van der Waals surface area (Å²) in [5, 5.41) is 0. The Morgan fingerprint density at radius 3 is 2.50 bits per heavy atom. The van der Waals surface area contributed by atoms with Gasteiger partial charge in [-0.3, -0.25) is 0 Å². The lowest BCUT2D eigenvalue weighted by molar-refractivity contribution is 0.416. The van der Waals surface area contributed by atoms with Crippen molar-refractivity contribution in [2.45, 2.75) is 19.0 Å². The standard InChI is InChI=1S/C6H15ClOSSi/c1-8-10(3,9-2)6-4-5-7/h4-6H2,1-3H3. The van der Waals surface area contributed by atoms with Crippen LogP contribution in [0.15, 0.2) is 0 Å². The van der Waals surface area contributed by atoms with Gasteiger partial charge in [0.1, 0.15) is 0 Å². The molecular formula is C6H15ClOSSi. The van der Waals surface area contributed by atoms with Gasteiger partial charge in [0.05, 0.1) is 0 Å². The van der Waals surface area contributed by atoms with Gasteiger partial charge in [-0.25, -0.2) is 0 Å². The third-order valence-electron chi connectivity index (χ3n) is 1.63. The van der Waals surface area contributed by atoms with E-state index in [9.17, 15) is 0 Å². The monoisotopic (exact) mass is 198 g/mol. The molecule has 1 unspecified atom stereocenters. The van der Waals surface area contributed by atoms with Crippen LogP contribution in [0.5, 0.6) is 0 Å². The molecule has 0 spiro atoms. The van der Waals surface area contributed by atoms with Crippen molar-refractivity contribution in [1.29, 1.82) is 0 Å². The van der Waals surface area contributed by atoms with Gasteiger partial charge in [-0.1, -0.05) is 0 Å². The van der Waals surface area contributed by atoms with E-state index in [1.807, 2.05) is 11.2 Å². The zero-order valence-corrected chi connectivity index (χ0v) is 9.39. The minimum Gasteiger partial charge on any atom is -0.410 e. The maximum atomic E-state index is 5.58. The molecule has 0 saturated heterocycles. The van der Waals surface area contributed by atoms with Gasteiger partial charge in [0, 0.05) is 13.0 Å². The highest BCUT2D eigenvalue weighted by molar-refractivity contribution is 8.27. The van der Waals surface area contributed by atoms with Crippen molar-refractivity contribution in [2.75, 3.05) is 19.2 Å². The Bertz CT molecular complexity index is 87.8. The Labute approximate surface area is 73.3 Å². The molecule has 0 aromatic carbocycles. The molecule has 1 nitrogen and oxygen atoms in total. The molecule has 4 heteroatoms. The highest BCUT2D eigenvalue weighted by Crippen LogP contribution is 2.24. The maximum absolute atomic E-state index is 5.58. The van der Waals surface area contributed by atoms with Crippen LogP contribution < -0.4 is 0 Å². The van der Waals surface area contributed by atoms with Crippen LogP contribution in [0.2, 0.25) is 12.6 Å². The van der Waals surface area contributed by atoms with Crippen molar-refractivity contribution in [3.8, 4) is 0 Å². The molecule has 0 rings (SSSR count). The fourth-order valence-corrected chi connectivity index (χ4v) is 3.97. The first-order valence-electron chi connectivity index (χ1n) is 3.35. The Hall–Kier alpha value is 0.817. The van der Waals surface area contributed by atoms with E-state index in [1.165, 1.54) is 0 Å². The van der Waals surface area contributed by atoms with Gasteiger partial charge in [0.25, 0.3) is 0 Å². The fraction of sp³-hybridized carbons (Fsp3) is 1.00. The first kappa shape index (κ1) is 10.8. The van der Waals surface area contributed by atoms with Gasteiger partial charge in [-0.15, -0.1) is 11.6 Å². The summed E-state index contributed by atoms with van der Waals surface area (Å²) >= 11 is 7.45. The molecule has 0 aromatic rings. The normalized spacial score (nSPS) is 16.8. The van der Waals surface area contributed by atoms with Gasteiger partial charge in [0.2, 0.25) is 7.47 Å². The maximum Gasteiger partial charge on any atom is 0.250 e. The molecule has 0 fully saturated rings. The molecule has 62 valence electrons. The van der Waals surface area contributed by atoms with Crippen LogP contribution in [0.25, 0.3) is 0 Å². The second-order valence-electron chi connectivity index (χ2n) is 2.33. The van der Waals surface area contributed by atoms with Crippen LogP contribution in [0.3, 0.4) is 0 Å². The van der Waals surface area contributed by atoms with Crippen molar-refractivity contribution in [3.63, 3.8) is 0 Å². The van der Waals surface area contributed by atoms with Crippen LogP contribution >= 0.6 is 22.8 Å². The summed E-state index contributed by atoms with van der Waals surface area (Å²) < 4.78 is 5.43. The van der Waals surface area contributed by atoms with Crippen LogP contribution in [0, 0.1) is 0 Å². The summed E-state index contributed by atoms with van der Waals surface area (Å²) in [5.41, 5.74) is 0. The molecule has 10 heavy (non-hydrogen) atoms. The van der Waals surface area contributed by atoms with Gasteiger partial charge < -0.3 is 4.43 Å². The van der Waals surface area contributed by atoms with E-state index in [0.29, 0.717) is 0 Å². The quantitative estimate of drug-likeness (QED) is 0.497. The highest BCUT2D eigenvalue weighted by Gasteiger charge is 2.25. The predicted molar refractivity (Wildman–Crippen MR) is 52.3 cm³/mol. The van der Waals surface area contributed by atoms with E-state index < -0.39 is 7.47 Å². The van der Waals surface area contributed by atoms with E-state index in [2.05, 4.69) is 12.8 Å². The molecule has 1 atom stereocenters. The van der Waals surface area contributed by atoms with E-state index >= 15 is 0 Å². The van der Waals surface area contributed by atoms with Crippen molar-refractivity contribution in [3.05, 3.63) is 0 Å². The van der Waals surface area contributed by atoms with Crippen molar-refractivity contribution in [2.24, 2.45) is 0 Å². The van der Waals surface area contributed by atoms with Crippen LogP contribution in [-0.2, 0) is 4.43 Å². The first-order valence-corrected chi connectivity index (χ1v) is 8.44. The van der Waals surface area contributed by atoms with E-state index in [1.54, 1.807) is 7.11 Å². The second kappa shape index (κ2) is 5.47. The first-order chi connectivity index (χ1) is 4.68. The Morgan fingerprint density at radius 2 is 2.20 bits per heavy atom. The molecule has 0 amide bonds. The summed E-state index contributed by atoms with van der Waals surface area (Å²) in [4.78, 5) is 0. The molecule has 0 saturated carbocycles. The lowest BCUT2D eigenvalue weighted by atomic mass is 10.6. The Balaban J connectivity index is 3.58. The highest BCUT2D eigenvalue weighted by atomic mass is 35.5. The van der Waals surface area contributed by atoms with Gasteiger partial charge in [-0.05, 0) is 25.3 Å². The van der Waals surface area contributed by atoms with Gasteiger partial charge >= 0.3 is 0 Å². The lowest BCUT2D eigenvalue weighted by Gasteiger charge is -2.21. The fourth-order valence-electron chi connectivity index (χ4n) is 0.675.